The van der Waals surface area contributed by atoms with Gasteiger partial charge in [-0.2, -0.15) is 0 Å². The number of allylic oxidation sites excluding steroid dienone is 5. The number of ether oxygens (including phenoxy) is 1. The van der Waals surface area contributed by atoms with Crippen LogP contribution in [0.3, 0.4) is 0 Å². The van der Waals surface area contributed by atoms with E-state index < -0.39 is 12.1 Å². The summed E-state index contributed by atoms with van der Waals surface area (Å²) in [5.74, 6) is -0.0456. The molecule has 526 valence electrons. The third kappa shape index (κ3) is 75.0. The Bertz CT molecular complexity index is 1440. The van der Waals surface area contributed by atoms with Gasteiger partial charge in [0.1, 0.15) is 0 Å². The SMILES string of the molecule is CCCCCCCC/C=C\CCCCCCCC(=O)OCCCCCCCCCCCCCCCCCC/C=C\CCCCCCCCCCCCCCCCCCCC(=O)NC(CO)C(O)/C=C/CCCCCCCCCCCCCCCCCCCC. The number of hydrogen-bond donors (Lipinski definition) is 3. The number of carbonyl (C=O) groups excluding carboxylic acids is 2. The highest BCUT2D eigenvalue weighted by Gasteiger charge is 2.18. The van der Waals surface area contributed by atoms with Crippen molar-refractivity contribution in [3.63, 3.8) is 0 Å². The van der Waals surface area contributed by atoms with Crippen LogP contribution in [0.4, 0.5) is 0 Å². The van der Waals surface area contributed by atoms with Crippen molar-refractivity contribution < 1.29 is 24.5 Å². The summed E-state index contributed by atoms with van der Waals surface area (Å²) >= 11 is 0. The number of nitrogens with one attached hydrogen (secondary N) is 1. The molecule has 0 aliphatic rings. The van der Waals surface area contributed by atoms with Crippen LogP contribution in [0.15, 0.2) is 36.5 Å². The Kier molecular flexibility index (Phi) is 76.8. The number of hydrogen-bond acceptors (Lipinski definition) is 5. The van der Waals surface area contributed by atoms with Crippen LogP contribution in [0.2, 0.25) is 0 Å². The number of esters is 1. The number of unbranched alkanes of at least 4 members (excludes halogenated alkanes) is 62. The van der Waals surface area contributed by atoms with Crippen molar-refractivity contribution in [3.05, 3.63) is 36.5 Å². The van der Waals surface area contributed by atoms with E-state index in [1.807, 2.05) is 6.08 Å². The maximum atomic E-state index is 12.5. The summed E-state index contributed by atoms with van der Waals surface area (Å²) < 4.78 is 5.50. The summed E-state index contributed by atoms with van der Waals surface area (Å²) in [6.45, 7) is 4.94. The Balaban J connectivity index is 3.35. The number of aliphatic hydroxyl groups is 2. The quantitative estimate of drug-likeness (QED) is 0.0320. The largest absolute Gasteiger partial charge is 0.466 e. The second kappa shape index (κ2) is 78.5. The lowest BCUT2D eigenvalue weighted by molar-refractivity contribution is -0.143. The third-order valence-electron chi connectivity index (χ3n) is 19.1. The van der Waals surface area contributed by atoms with Gasteiger partial charge in [0, 0.05) is 12.8 Å². The first-order valence-corrected chi connectivity index (χ1v) is 40.8. The van der Waals surface area contributed by atoms with Crippen molar-refractivity contribution in [2.24, 2.45) is 0 Å². The molecule has 2 unspecified atom stereocenters. The van der Waals surface area contributed by atoms with E-state index in [1.54, 1.807) is 6.08 Å². The zero-order valence-electron chi connectivity index (χ0n) is 60.4. The fourth-order valence-corrected chi connectivity index (χ4v) is 12.9. The van der Waals surface area contributed by atoms with Gasteiger partial charge in [0.25, 0.3) is 0 Å². The fourth-order valence-electron chi connectivity index (χ4n) is 12.9. The number of carbonyl (C=O) groups is 2. The Hall–Kier alpha value is -1.92. The molecule has 6 nitrogen and oxygen atoms in total. The van der Waals surface area contributed by atoms with Gasteiger partial charge in [0.2, 0.25) is 5.91 Å². The van der Waals surface area contributed by atoms with E-state index in [4.69, 9.17) is 4.74 Å². The maximum Gasteiger partial charge on any atom is 0.305 e. The van der Waals surface area contributed by atoms with Crippen molar-refractivity contribution in [3.8, 4) is 0 Å². The minimum atomic E-state index is -0.843. The van der Waals surface area contributed by atoms with Gasteiger partial charge >= 0.3 is 5.97 Å². The summed E-state index contributed by atoms with van der Waals surface area (Å²) in [6.07, 6.45) is 103. The number of amides is 1. The predicted octanol–water partition coefficient (Wildman–Crippen LogP) is 27.0. The molecule has 0 saturated heterocycles. The molecule has 1 amide bonds. The predicted molar refractivity (Wildman–Crippen MR) is 393 cm³/mol. The average molecular weight is 1250 g/mol. The van der Waals surface area contributed by atoms with E-state index >= 15 is 0 Å². The second-order valence-electron chi connectivity index (χ2n) is 28.1. The first-order chi connectivity index (χ1) is 44.0. The van der Waals surface area contributed by atoms with Crippen LogP contribution < -0.4 is 5.32 Å². The van der Waals surface area contributed by atoms with Crippen LogP contribution in [0, 0.1) is 0 Å². The van der Waals surface area contributed by atoms with Crippen molar-refractivity contribution in [1.82, 2.24) is 5.32 Å². The minimum absolute atomic E-state index is 0.0140. The zero-order valence-corrected chi connectivity index (χ0v) is 60.4. The van der Waals surface area contributed by atoms with Crippen LogP contribution in [0.25, 0.3) is 0 Å². The summed E-state index contributed by atoms with van der Waals surface area (Å²) in [4.78, 5) is 24.6. The first kappa shape index (κ1) is 87.1. The maximum absolute atomic E-state index is 12.5. The van der Waals surface area contributed by atoms with Crippen molar-refractivity contribution in [2.45, 2.75) is 469 Å². The summed E-state index contributed by atoms with van der Waals surface area (Å²) in [5.41, 5.74) is 0. The van der Waals surface area contributed by atoms with E-state index in [1.165, 1.54) is 385 Å². The molecule has 0 aliphatic heterocycles. The van der Waals surface area contributed by atoms with E-state index in [0.29, 0.717) is 19.4 Å². The molecule has 89 heavy (non-hydrogen) atoms. The molecule has 0 fully saturated rings. The smallest absolute Gasteiger partial charge is 0.305 e. The summed E-state index contributed by atoms with van der Waals surface area (Å²) in [5, 5.41) is 23.3. The molecule has 0 spiro atoms. The van der Waals surface area contributed by atoms with E-state index in [-0.39, 0.29) is 18.5 Å². The van der Waals surface area contributed by atoms with Gasteiger partial charge < -0.3 is 20.3 Å². The molecule has 0 radical (unpaired) electrons. The summed E-state index contributed by atoms with van der Waals surface area (Å²) in [6, 6.07) is -0.626. The van der Waals surface area contributed by atoms with E-state index in [2.05, 4.69) is 43.5 Å². The number of aliphatic hydroxyl groups excluding tert-OH is 2. The highest BCUT2D eigenvalue weighted by molar-refractivity contribution is 5.76. The van der Waals surface area contributed by atoms with Gasteiger partial charge in [-0.15, -0.1) is 0 Å². The van der Waals surface area contributed by atoms with Gasteiger partial charge in [-0.25, -0.2) is 0 Å². The topological polar surface area (TPSA) is 95.9 Å². The Morgan fingerprint density at radius 1 is 0.303 bits per heavy atom. The highest BCUT2D eigenvalue weighted by Crippen LogP contribution is 2.20. The molecule has 0 aromatic carbocycles. The van der Waals surface area contributed by atoms with Gasteiger partial charge in [-0.1, -0.05) is 397 Å². The van der Waals surface area contributed by atoms with Crippen LogP contribution >= 0.6 is 0 Å². The van der Waals surface area contributed by atoms with Gasteiger partial charge in [0.15, 0.2) is 0 Å². The molecular weight excluding hydrogens is 1090 g/mol. The number of rotatable bonds is 77. The highest BCUT2D eigenvalue weighted by atomic mass is 16.5. The standard InChI is InChI=1S/C83H159NO5/c1-3-5-7-9-11-13-15-17-19-20-21-41-44-48-51-55-59-63-67-71-75-81(86)80(79-85)84-82(87)76-72-68-64-60-56-52-49-45-42-39-37-35-33-31-29-27-25-23-22-24-26-28-30-32-34-36-38-40-43-46-50-54-58-62-66-70-74-78-89-83(88)77-73-69-65-61-57-53-47-18-16-14-12-10-8-6-4-2/h18,22,24,47,71,75,80-81,85-86H,3-17,19-21,23,25-46,48-70,72-74,76-79H2,1-2H3,(H,84,87)/b24-22-,47-18-,75-71+. The lowest BCUT2D eigenvalue weighted by Gasteiger charge is -2.20. The van der Waals surface area contributed by atoms with Crippen LogP contribution in [-0.2, 0) is 14.3 Å². The van der Waals surface area contributed by atoms with Gasteiger partial charge in [-0.3, -0.25) is 9.59 Å². The molecular formula is C83H159NO5. The zero-order chi connectivity index (χ0) is 64.2. The Morgan fingerprint density at radius 2 is 0.528 bits per heavy atom. The van der Waals surface area contributed by atoms with Crippen LogP contribution in [0.1, 0.15) is 457 Å². The minimum Gasteiger partial charge on any atom is -0.466 e. The molecule has 0 aromatic heterocycles. The lowest BCUT2D eigenvalue weighted by Crippen LogP contribution is -2.45. The first-order valence-electron chi connectivity index (χ1n) is 40.8. The molecule has 0 bridgehead atoms. The fraction of sp³-hybridized carbons (Fsp3) is 0.904. The molecule has 6 heteroatoms. The third-order valence-corrected chi connectivity index (χ3v) is 19.1. The second-order valence-corrected chi connectivity index (χ2v) is 28.1. The van der Waals surface area contributed by atoms with E-state index in [0.717, 1.165) is 44.9 Å². The molecule has 0 aliphatic carbocycles. The van der Waals surface area contributed by atoms with Crippen molar-refractivity contribution in [2.75, 3.05) is 13.2 Å². The van der Waals surface area contributed by atoms with Crippen molar-refractivity contribution >= 4 is 11.9 Å². The van der Waals surface area contributed by atoms with Gasteiger partial charge in [-0.05, 0) is 83.5 Å². The Labute approximate surface area is 557 Å². The molecule has 0 heterocycles. The molecule has 2 atom stereocenters. The lowest BCUT2D eigenvalue weighted by atomic mass is 10.0. The van der Waals surface area contributed by atoms with E-state index in [9.17, 15) is 19.8 Å². The normalized spacial score (nSPS) is 12.6. The molecule has 3 N–H and O–H groups in total. The monoisotopic (exact) mass is 1250 g/mol. The van der Waals surface area contributed by atoms with Gasteiger partial charge in [0.05, 0.1) is 25.4 Å². The van der Waals surface area contributed by atoms with Crippen LogP contribution in [0.5, 0.6) is 0 Å². The molecule has 0 saturated carbocycles. The average Bonchev–Trinajstić information content (AvgIpc) is 3.63. The summed E-state index contributed by atoms with van der Waals surface area (Å²) in [7, 11) is 0. The van der Waals surface area contributed by atoms with Crippen LogP contribution in [-0.4, -0.2) is 47.4 Å². The van der Waals surface area contributed by atoms with Crippen molar-refractivity contribution in [1.29, 1.82) is 0 Å². The Morgan fingerprint density at radius 3 is 0.798 bits per heavy atom. The molecule has 0 aromatic rings. The molecule has 0 rings (SSSR count).